The Morgan fingerprint density at radius 1 is 1.43 bits per heavy atom. The number of ether oxygens (including phenoxy) is 2. The highest BCUT2D eigenvalue weighted by molar-refractivity contribution is 5.85. The van der Waals surface area contributed by atoms with Gasteiger partial charge in [0.25, 0.3) is 0 Å². The fourth-order valence-electron chi connectivity index (χ4n) is 2.03. The van der Waals surface area contributed by atoms with E-state index in [1.165, 1.54) is 0 Å². The monoisotopic (exact) mass is 312 g/mol. The zero-order valence-corrected chi connectivity index (χ0v) is 12.4. The maximum Gasteiger partial charge on any atom is 0.229 e. The van der Waals surface area contributed by atoms with E-state index in [9.17, 15) is 0 Å². The van der Waals surface area contributed by atoms with Crippen LogP contribution in [0.4, 0.5) is 0 Å². The van der Waals surface area contributed by atoms with Crippen molar-refractivity contribution >= 4 is 12.4 Å². The van der Waals surface area contributed by atoms with Crippen molar-refractivity contribution in [3.63, 3.8) is 0 Å². The van der Waals surface area contributed by atoms with Gasteiger partial charge in [0.1, 0.15) is 0 Å². The number of methoxy groups -OCH3 is 1. The van der Waals surface area contributed by atoms with E-state index in [4.69, 9.17) is 14.0 Å². The second-order valence-corrected chi connectivity index (χ2v) is 4.50. The Balaban J connectivity index is 0.00000161. The molecule has 7 nitrogen and oxygen atoms in total. The summed E-state index contributed by atoms with van der Waals surface area (Å²) < 4.78 is 15.9. The van der Waals surface area contributed by atoms with Crippen molar-refractivity contribution in [1.82, 2.24) is 20.4 Å². The van der Waals surface area contributed by atoms with Gasteiger partial charge in [-0.25, -0.2) is 4.98 Å². The minimum Gasteiger partial charge on any atom is -0.481 e. The predicted octanol–water partition coefficient (Wildman–Crippen LogP) is 1.09. The number of hydrogen-bond donors (Lipinski definition) is 1. The molecule has 1 atom stereocenters. The summed E-state index contributed by atoms with van der Waals surface area (Å²) >= 11 is 0. The molecule has 1 N–H and O–H groups in total. The van der Waals surface area contributed by atoms with Crippen LogP contribution in [0.1, 0.15) is 5.89 Å². The molecule has 21 heavy (non-hydrogen) atoms. The van der Waals surface area contributed by atoms with Gasteiger partial charge in [-0.15, -0.1) is 12.4 Å². The number of morpholine rings is 1. The summed E-state index contributed by atoms with van der Waals surface area (Å²) in [6, 6.07) is 3.61. The van der Waals surface area contributed by atoms with Gasteiger partial charge in [-0.1, -0.05) is 5.16 Å². The highest BCUT2D eigenvalue weighted by Crippen LogP contribution is 2.18. The molecule has 3 heterocycles. The van der Waals surface area contributed by atoms with Crippen molar-refractivity contribution in [3.8, 4) is 17.3 Å². The topological polar surface area (TPSA) is 82.3 Å². The highest BCUT2D eigenvalue weighted by Gasteiger charge is 2.18. The fraction of sp³-hybridized carbons (Fsp3) is 0.462. The zero-order valence-electron chi connectivity index (χ0n) is 11.6. The van der Waals surface area contributed by atoms with E-state index in [-0.39, 0.29) is 18.5 Å². The van der Waals surface area contributed by atoms with E-state index in [2.05, 4.69) is 20.4 Å². The van der Waals surface area contributed by atoms with Crippen molar-refractivity contribution in [1.29, 1.82) is 0 Å². The van der Waals surface area contributed by atoms with Crippen LogP contribution in [0.5, 0.6) is 5.88 Å². The van der Waals surface area contributed by atoms with Crippen molar-refractivity contribution in [2.24, 2.45) is 0 Å². The zero-order chi connectivity index (χ0) is 13.8. The van der Waals surface area contributed by atoms with Crippen molar-refractivity contribution in [3.05, 3.63) is 24.2 Å². The molecule has 0 aromatic carbocycles. The molecule has 1 aliphatic heterocycles. The first kappa shape index (κ1) is 15.7. The lowest BCUT2D eigenvalue weighted by atomic mass is 10.2. The van der Waals surface area contributed by atoms with E-state index in [1.807, 2.05) is 6.07 Å². The molecule has 1 fully saturated rings. The van der Waals surface area contributed by atoms with Crippen LogP contribution in [0.3, 0.4) is 0 Å². The summed E-state index contributed by atoms with van der Waals surface area (Å²) in [7, 11) is 1.58. The van der Waals surface area contributed by atoms with E-state index < -0.39 is 0 Å². The average molecular weight is 313 g/mol. The van der Waals surface area contributed by atoms with Gasteiger partial charge in [-0.2, -0.15) is 4.98 Å². The minimum atomic E-state index is 0. The van der Waals surface area contributed by atoms with Crippen LogP contribution >= 0.6 is 12.4 Å². The Morgan fingerprint density at radius 3 is 3.00 bits per heavy atom. The van der Waals surface area contributed by atoms with Crippen LogP contribution in [0, 0.1) is 0 Å². The molecule has 1 aliphatic rings. The van der Waals surface area contributed by atoms with Crippen molar-refractivity contribution in [2.75, 3.05) is 26.8 Å². The number of nitrogens with zero attached hydrogens (tertiary/aromatic N) is 3. The van der Waals surface area contributed by atoms with Gasteiger partial charge in [-0.3, -0.25) is 0 Å². The fourth-order valence-corrected chi connectivity index (χ4v) is 2.03. The quantitative estimate of drug-likeness (QED) is 0.905. The maximum absolute atomic E-state index is 5.61. The molecule has 0 amide bonds. The number of hydrogen-bond acceptors (Lipinski definition) is 7. The summed E-state index contributed by atoms with van der Waals surface area (Å²) in [6.45, 7) is 2.42. The molecule has 2 aromatic heterocycles. The van der Waals surface area contributed by atoms with Gasteiger partial charge in [0.2, 0.25) is 17.6 Å². The van der Waals surface area contributed by atoms with Gasteiger partial charge >= 0.3 is 0 Å². The third-order valence-corrected chi connectivity index (χ3v) is 3.08. The molecule has 0 spiro atoms. The highest BCUT2D eigenvalue weighted by atomic mass is 35.5. The first-order valence-electron chi connectivity index (χ1n) is 6.50. The average Bonchev–Trinajstić information content (AvgIpc) is 2.97. The first-order chi connectivity index (χ1) is 9.85. The van der Waals surface area contributed by atoms with Crippen LogP contribution in [0.15, 0.2) is 22.9 Å². The van der Waals surface area contributed by atoms with Crippen LogP contribution in [0.2, 0.25) is 0 Å². The molecule has 114 valence electrons. The third kappa shape index (κ3) is 3.90. The molecular weight excluding hydrogens is 296 g/mol. The maximum atomic E-state index is 5.61. The van der Waals surface area contributed by atoms with Crippen LogP contribution < -0.4 is 10.1 Å². The lowest BCUT2D eigenvalue weighted by molar-refractivity contribution is 0.0246. The number of rotatable bonds is 4. The molecule has 1 unspecified atom stereocenters. The summed E-state index contributed by atoms with van der Waals surface area (Å²) in [6.07, 6.45) is 2.36. The summed E-state index contributed by atoms with van der Waals surface area (Å²) in [5.41, 5.74) is 0.795. The van der Waals surface area contributed by atoms with E-state index in [1.54, 1.807) is 19.4 Å². The number of pyridine rings is 1. The third-order valence-electron chi connectivity index (χ3n) is 3.08. The molecule has 8 heteroatoms. The van der Waals surface area contributed by atoms with Gasteiger partial charge < -0.3 is 19.3 Å². The second kappa shape index (κ2) is 7.35. The van der Waals surface area contributed by atoms with Crippen LogP contribution in [-0.2, 0) is 11.2 Å². The normalized spacial score (nSPS) is 18.0. The molecule has 3 rings (SSSR count). The van der Waals surface area contributed by atoms with Crippen LogP contribution in [0.25, 0.3) is 11.4 Å². The van der Waals surface area contributed by atoms with Gasteiger partial charge in [-0.05, 0) is 6.07 Å². The number of nitrogens with one attached hydrogen (secondary N) is 1. The van der Waals surface area contributed by atoms with E-state index >= 15 is 0 Å². The molecule has 1 saturated heterocycles. The van der Waals surface area contributed by atoms with Crippen molar-refractivity contribution in [2.45, 2.75) is 12.5 Å². The largest absolute Gasteiger partial charge is 0.481 e. The lowest BCUT2D eigenvalue weighted by Gasteiger charge is -2.21. The minimum absolute atomic E-state index is 0. The van der Waals surface area contributed by atoms with E-state index in [0.29, 0.717) is 30.6 Å². The SMILES string of the molecule is COc1ccc(-c2noc(CC3CNCCO3)n2)cn1.Cl. The molecule has 0 saturated carbocycles. The molecule has 0 aliphatic carbocycles. The molecule has 0 bridgehead atoms. The summed E-state index contributed by atoms with van der Waals surface area (Å²) in [4.78, 5) is 8.48. The Labute approximate surface area is 128 Å². The smallest absolute Gasteiger partial charge is 0.229 e. The Kier molecular flexibility index (Phi) is 5.49. The Morgan fingerprint density at radius 2 is 2.33 bits per heavy atom. The van der Waals surface area contributed by atoms with Crippen LogP contribution in [-0.4, -0.2) is 48.0 Å². The lowest BCUT2D eigenvalue weighted by Crippen LogP contribution is -2.39. The van der Waals surface area contributed by atoms with Gasteiger partial charge in [0.15, 0.2) is 0 Å². The summed E-state index contributed by atoms with van der Waals surface area (Å²) in [5.74, 6) is 1.66. The number of aromatic nitrogens is 3. The Bertz CT molecular complexity index is 555. The predicted molar refractivity (Wildman–Crippen MR) is 77.6 cm³/mol. The summed E-state index contributed by atoms with van der Waals surface area (Å²) in [5, 5.41) is 7.23. The first-order valence-corrected chi connectivity index (χ1v) is 6.50. The van der Waals surface area contributed by atoms with Crippen molar-refractivity contribution < 1.29 is 14.0 Å². The van der Waals surface area contributed by atoms with Gasteiger partial charge in [0, 0.05) is 30.9 Å². The molecular formula is C13H17ClN4O3. The van der Waals surface area contributed by atoms with E-state index in [0.717, 1.165) is 18.7 Å². The second-order valence-electron chi connectivity index (χ2n) is 4.50. The molecule has 2 aromatic rings. The standard InChI is InChI=1S/C13H16N4O3.ClH/c1-18-11-3-2-9(7-15-11)13-16-12(20-17-13)6-10-8-14-4-5-19-10;/h2-3,7,10,14H,4-6,8H2,1H3;1H. The molecule has 0 radical (unpaired) electrons. The number of halogens is 1. The van der Waals surface area contributed by atoms with Gasteiger partial charge in [0.05, 0.1) is 26.2 Å². The Hall–Kier alpha value is -1.70.